The average molecular weight is 452 g/mol. The van der Waals surface area contributed by atoms with Gasteiger partial charge in [0.15, 0.2) is 0 Å². The summed E-state index contributed by atoms with van der Waals surface area (Å²) in [5.41, 5.74) is 4.93. The number of imidazole rings is 1. The van der Waals surface area contributed by atoms with E-state index in [-0.39, 0.29) is 11.9 Å². The molecule has 1 N–H and O–H groups in total. The third-order valence-electron chi connectivity index (χ3n) is 5.40. The fourth-order valence-electron chi connectivity index (χ4n) is 3.75. The molecule has 0 fully saturated rings. The summed E-state index contributed by atoms with van der Waals surface area (Å²) < 4.78 is 2.10. The number of rotatable bonds is 6. The van der Waals surface area contributed by atoms with Crippen molar-refractivity contribution in [2.24, 2.45) is 0 Å². The van der Waals surface area contributed by atoms with Crippen molar-refractivity contribution in [1.82, 2.24) is 14.9 Å². The monoisotopic (exact) mass is 451 g/mol. The number of nitrogens with zero attached hydrogens (tertiary/aromatic N) is 2. The normalized spacial score (nSPS) is 12.1. The van der Waals surface area contributed by atoms with E-state index in [1.54, 1.807) is 6.07 Å². The molecule has 6 heteroatoms. The Balaban J connectivity index is 1.62. The molecule has 1 aromatic heterocycles. The molecule has 4 rings (SSSR count). The van der Waals surface area contributed by atoms with Crippen LogP contribution in [0.2, 0.25) is 10.0 Å². The Morgan fingerprint density at radius 1 is 1.03 bits per heavy atom. The molecular weight excluding hydrogens is 429 g/mol. The molecule has 31 heavy (non-hydrogen) atoms. The molecule has 0 spiro atoms. The predicted molar refractivity (Wildman–Crippen MR) is 127 cm³/mol. The number of aryl methyl sites for hydroxylation is 1. The highest BCUT2D eigenvalue weighted by molar-refractivity contribution is 6.35. The van der Waals surface area contributed by atoms with Crippen molar-refractivity contribution in [2.75, 3.05) is 0 Å². The van der Waals surface area contributed by atoms with Crippen LogP contribution in [-0.2, 0) is 17.8 Å². The highest BCUT2D eigenvalue weighted by Crippen LogP contribution is 2.26. The number of hydrogen-bond donors (Lipinski definition) is 1. The maximum absolute atomic E-state index is 12.7. The summed E-state index contributed by atoms with van der Waals surface area (Å²) in [5, 5.41) is 4.31. The van der Waals surface area contributed by atoms with E-state index < -0.39 is 0 Å². The summed E-state index contributed by atoms with van der Waals surface area (Å²) in [6.07, 6.45) is 0.334. The van der Waals surface area contributed by atoms with Gasteiger partial charge in [-0.1, -0.05) is 65.7 Å². The first-order valence-corrected chi connectivity index (χ1v) is 10.9. The van der Waals surface area contributed by atoms with Gasteiger partial charge in [-0.25, -0.2) is 4.98 Å². The first kappa shape index (κ1) is 21.4. The van der Waals surface area contributed by atoms with Gasteiger partial charge in [-0.2, -0.15) is 0 Å². The number of nitrogens with one attached hydrogen (secondary N) is 1. The van der Waals surface area contributed by atoms with E-state index in [2.05, 4.69) is 9.88 Å². The van der Waals surface area contributed by atoms with Gasteiger partial charge in [0, 0.05) is 10.0 Å². The second-order valence-electron chi connectivity index (χ2n) is 7.67. The molecule has 0 bridgehead atoms. The van der Waals surface area contributed by atoms with Crippen molar-refractivity contribution in [3.63, 3.8) is 0 Å². The van der Waals surface area contributed by atoms with Crippen LogP contribution in [0.4, 0.5) is 0 Å². The summed E-state index contributed by atoms with van der Waals surface area (Å²) in [5.74, 6) is 0.746. The summed E-state index contributed by atoms with van der Waals surface area (Å²) in [6.45, 7) is 4.50. The molecule has 4 nitrogen and oxygen atoms in total. The molecule has 0 saturated carbocycles. The number of benzene rings is 3. The van der Waals surface area contributed by atoms with Gasteiger partial charge in [0.2, 0.25) is 5.91 Å². The zero-order valence-corrected chi connectivity index (χ0v) is 18.9. The van der Waals surface area contributed by atoms with Crippen LogP contribution < -0.4 is 5.32 Å². The number of fused-ring (bicyclic) bond motifs is 1. The van der Waals surface area contributed by atoms with Gasteiger partial charge >= 0.3 is 0 Å². The third-order valence-corrected chi connectivity index (χ3v) is 5.99. The minimum Gasteiger partial charge on any atom is -0.346 e. The van der Waals surface area contributed by atoms with Gasteiger partial charge in [-0.05, 0) is 54.8 Å². The van der Waals surface area contributed by atoms with Crippen molar-refractivity contribution in [1.29, 1.82) is 0 Å². The number of aromatic nitrogens is 2. The zero-order valence-electron chi connectivity index (χ0n) is 17.4. The topological polar surface area (TPSA) is 46.9 Å². The van der Waals surface area contributed by atoms with Crippen LogP contribution >= 0.6 is 23.2 Å². The SMILES string of the molecule is Cc1ccccc1CC(=O)NC(C)c1nc2ccccc2n1Cc1ccc(Cl)cc1Cl. The molecule has 0 aliphatic rings. The number of halogens is 2. The van der Waals surface area contributed by atoms with E-state index in [9.17, 15) is 4.79 Å². The third kappa shape index (κ3) is 4.76. The number of carbonyl (C=O) groups excluding carboxylic acids is 1. The Bertz CT molecular complexity index is 1250. The first-order valence-electron chi connectivity index (χ1n) is 10.2. The molecule has 0 saturated heterocycles. The van der Waals surface area contributed by atoms with Gasteiger partial charge in [0.1, 0.15) is 5.82 Å². The van der Waals surface area contributed by atoms with Crippen LogP contribution in [0, 0.1) is 6.92 Å². The molecule has 1 atom stereocenters. The van der Waals surface area contributed by atoms with E-state index in [1.807, 2.05) is 74.5 Å². The van der Waals surface area contributed by atoms with Gasteiger partial charge < -0.3 is 9.88 Å². The molecule has 3 aromatic carbocycles. The standard InChI is InChI=1S/C25H23Cl2N3O/c1-16-7-3-4-8-18(16)13-24(31)28-17(2)25-29-22-9-5-6-10-23(22)30(25)15-19-11-12-20(26)14-21(19)27/h3-12,14,17H,13,15H2,1-2H3,(H,28,31). The Morgan fingerprint density at radius 2 is 1.77 bits per heavy atom. The maximum atomic E-state index is 12.7. The van der Waals surface area contributed by atoms with Crippen LogP contribution in [-0.4, -0.2) is 15.5 Å². The van der Waals surface area contributed by atoms with Crippen LogP contribution in [0.25, 0.3) is 11.0 Å². The van der Waals surface area contributed by atoms with Gasteiger partial charge in [-0.3, -0.25) is 4.79 Å². The van der Waals surface area contributed by atoms with Crippen molar-refractivity contribution in [3.8, 4) is 0 Å². The van der Waals surface area contributed by atoms with E-state index >= 15 is 0 Å². The summed E-state index contributed by atoms with van der Waals surface area (Å²) in [4.78, 5) is 17.6. The minimum absolute atomic E-state index is 0.0371. The Hall–Kier alpha value is -2.82. The van der Waals surface area contributed by atoms with Gasteiger partial charge in [0.25, 0.3) is 0 Å². The lowest BCUT2D eigenvalue weighted by atomic mass is 10.1. The molecule has 0 aliphatic heterocycles. The number of amides is 1. The summed E-state index contributed by atoms with van der Waals surface area (Å²) in [7, 11) is 0. The summed E-state index contributed by atoms with van der Waals surface area (Å²) >= 11 is 12.5. The van der Waals surface area contributed by atoms with Crippen LogP contribution in [0.3, 0.4) is 0 Å². The number of para-hydroxylation sites is 2. The van der Waals surface area contributed by atoms with Crippen molar-refractivity contribution in [2.45, 2.75) is 32.9 Å². The molecule has 4 aromatic rings. The van der Waals surface area contributed by atoms with E-state index in [1.165, 1.54) is 0 Å². The molecule has 1 amide bonds. The molecule has 1 heterocycles. The van der Waals surface area contributed by atoms with Crippen LogP contribution in [0.5, 0.6) is 0 Å². The fraction of sp³-hybridized carbons (Fsp3) is 0.200. The Morgan fingerprint density at radius 3 is 2.55 bits per heavy atom. The first-order chi connectivity index (χ1) is 14.9. The summed E-state index contributed by atoms with van der Waals surface area (Å²) in [6, 6.07) is 21.1. The molecule has 0 radical (unpaired) electrons. The molecular formula is C25H23Cl2N3O. The van der Waals surface area contributed by atoms with Crippen LogP contribution in [0.15, 0.2) is 66.7 Å². The van der Waals surface area contributed by atoms with Gasteiger partial charge in [0.05, 0.1) is 30.0 Å². The van der Waals surface area contributed by atoms with E-state index in [4.69, 9.17) is 28.2 Å². The second-order valence-corrected chi connectivity index (χ2v) is 8.52. The van der Waals surface area contributed by atoms with Gasteiger partial charge in [-0.15, -0.1) is 0 Å². The minimum atomic E-state index is -0.269. The van der Waals surface area contributed by atoms with Crippen molar-refractivity contribution >= 4 is 40.1 Å². The smallest absolute Gasteiger partial charge is 0.225 e. The molecule has 0 aliphatic carbocycles. The second kappa shape index (κ2) is 9.13. The van der Waals surface area contributed by atoms with Crippen molar-refractivity contribution in [3.05, 3.63) is 99.3 Å². The lowest BCUT2D eigenvalue weighted by Gasteiger charge is -2.17. The zero-order chi connectivity index (χ0) is 22.0. The van der Waals surface area contributed by atoms with E-state index in [0.29, 0.717) is 23.0 Å². The number of carbonyl (C=O) groups is 1. The highest BCUT2D eigenvalue weighted by atomic mass is 35.5. The Labute approximate surface area is 191 Å². The van der Waals surface area contributed by atoms with E-state index in [0.717, 1.165) is 33.5 Å². The quantitative estimate of drug-likeness (QED) is 0.383. The predicted octanol–water partition coefficient (Wildman–Crippen LogP) is 6.12. The number of hydrogen-bond acceptors (Lipinski definition) is 2. The maximum Gasteiger partial charge on any atom is 0.225 e. The largest absolute Gasteiger partial charge is 0.346 e. The lowest BCUT2D eigenvalue weighted by molar-refractivity contribution is -0.121. The Kier molecular flexibility index (Phi) is 6.30. The van der Waals surface area contributed by atoms with Crippen molar-refractivity contribution < 1.29 is 4.79 Å². The molecule has 1 unspecified atom stereocenters. The average Bonchev–Trinajstić information content (AvgIpc) is 3.10. The highest BCUT2D eigenvalue weighted by Gasteiger charge is 2.19. The lowest BCUT2D eigenvalue weighted by Crippen LogP contribution is -2.30. The molecule has 158 valence electrons. The van der Waals surface area contributed by atoms with Crippen LogP contribution in [0.1, 0.15) is 35.5 Å². The fourth-order valence-corrected chi connectivity index (χ4v) is 4.22.